The molecule has 0 radical (unpaired) electrons. The third-order valence-electron chi connectivity index (χ3n) is 5.07. The minimum Gasteiger partial charge on any atom is -0.371 e. The number of hydrogen-bond donors (Lipinski definition) is 1. The number of halogens is 1. The van der Waals surface area contributed by atoms with E-state index in [0.717, 1.165) is 30.1 Å². The van der Waals surface area contributed by atoms with Gasteiger partial charge in [0.25, 0.3) is 0 Å². The number of anilines is 1. The summed E-state index contributed by atoms with van der Waals surface area (Å²) in [7, 11) is 0. The molecule has 142 valence electrons. The topological polar surface area (TPSA) is 32.3 Å². The SMILES string of the molecule is C[C@H]1CCCN(c2ccc([C@H](C)NC(=O)/C=C/c3ccc(Cl)cc3)cc2)C1. The number of piperidine rings is 1. The molecule has 1 fully saturated rings. The molecule has 0 saturated carbocycles. The fraction of sp³-hybridized carbons (Fsp3) is 0.348. The summed E-state index contributed by atoms with van der Waals surface area (Å²) in [4.78, 5) is 14.6. The van der Waals surface area contributed by atoms with Gasteiger partial charge in [-0.3, -0.25) is 4.79 Å². The first kappa shape index (κ1) is 19.5. The highest BCUT2D eigenvalue weighted by Crippen LogP contribution is 2.24. The molecule has 0 aromatic heterocycles. The fourth-order valence-corrected chi connectivity index (χ4v) is 3.61. The van der Waals surface area contributed by atoms with Gasteiger partial charge in [-0.15, -0.1) is 0 Å². The number of hydrogen-bond acceptors (Lipinski definition) is 2. The van der Waals surface area contributed by atoms with Crippen LogP contribution in [0.15, 0.2) is 54.6 Å². The van der Waals surface area contributed by atoms with E-state index in [1.165, 1.54) is 18.5 Å². The Morgan fingerprint density at radius 2 is 1.89 bits per heavy atom. The Balaban J connectivity index is 1.56. The maximum absolute atomic E-state index is 12.2. The van der Waals surface area contributed by atoms with Gasteiger partial charge in [0.1, 0.15) is 0 Å². The molecule has 1 aliphatic rings. The molecule has 1 aliphatic heterocycles. The number of carbonyl (C=O) groups is 1. The minimum absolute atomic E-state index is 0.0401. The second-order valence-electron chi connectivity index (χ2n) is 7.40. The molecule has 1 heterocycles. The summed E-state index contributed by atoms with van der Waals surface area (Å²) >= 11 is 5.87. The molecule has 27 heavy (non-hydrogen) atoms. The molecule has 3 nitrogen and oxygen atoms in total. The number of benzene rings is 2. The fourth-order valence-electron chi connectivity index (χ4n) is 3.49. The molecule has 3 rings (SSSR count). The molecule has 0 spiro atoms. The van der Waals surface area contributed by atoms with Gasteiger partial charge in [-0.05, 0) is 67.2 Å². The summed E-state index contributed by atoms with van der Waals surface area (Å²) in [6.07, 6.45) is 5.93. The average molecular weight is 383 g/mol. The van der Waals surface area contributed by atoms with Crippen LogP contribution in [-0.2, 0) is 4.79 Å². The molecular weight excluding hydrogens is 356 g/mol. The van der Waals surface area contributed by atoms with Crippen LogP contribution in [0.25, 0.3) is 6.08 Å². The smallest absolute Gasteiger partial charge is 0.244 e. The molecule has 4 heteroatoms. The van der Waals surface area contributed by atoms with Crippen molar-refractivity contribution in [1.29, 1.82) is 0 Å². The van der Waals surface area contributed by atoms with E-state index in [9.17, 15) is 4.79 Å². The van der Waals surface area contributed by atoms with Crippen LogP contribution in [0.3, 0.4) is 0 Å². The molecule has 2 aromatic rings. The van der Waals surface area contributed by atoms with Crippen molar-refractivity contribution in [2.75, 3.05) is 18.0 Å². The summed E-state index contributed by atoms with van der Waals surface area (Å²) in [5.41, 5.74) is 3.32. The van der Waals surface area contributed by atoms with Crippen molar-refractivity contribution < 1.29 is 4.79 Å². The maximum Gasteiger partial charge on any atom is 0.244 e. The lowest BCUT2D eigenvalue weighted by molar-refractivity contribution is -0.117. The van der Waals surface area contributed by atoms with Crippen molar-refractivity contribution >= 4 is 29.3 Å². The Kier molecular flexibility index (Phi) is 6.57. The van der Waals surface area contributed by atoms with E-state index in [2.05, 4.69) is 41.4 Å². The first-order valence-electron chi connectivity index (χ1n) is 9.60. The Morgan fingerprint density at radius 3 is 2.56 bits per heavy atom. The van der Waals surface area contributed by atoms with Gasteiger partial charge in [0.15, 0.2) is 0 Å². The predicted molar refractivity (Wildman–Crippen MR) is 114 cm³/mol. The van der Waals surface area contributed by atoms with Gasteiger partial charge in [0, 0.05) is 29.9 Å². The summed E-state index contributed by atoms with van der Waals surface area (Å²) in [6, 6.07) is 15.9. The Bertz CT molecular complexity index is 783. The van der Waals surface area contributed by atoms with Crippen LogP contribution in [0.5, 0.6) is 0 Å². The number of nitrogens with zero attached hydrogens (tertiary/aromatic N) is 1. The van der Waals surface area contributed by atoms with Crippen molar-refractivity contribution in [2.24, 2.45) is 5.92 Å². The van der Waals surface area contributed by atoms with E-state index in [0.29, 0.717) is 5.02 Å². The summed E-state index contributed by atoms with van der Waals surface area (Å²) in [6.45, 7) is 6.58. The van der Waals surface area contributed by atoms with Gasteiger partial charge in [0.05, 0.1) is 6.04 Å². The molecule has 1 saturated heterocycles. The van der Waals surface area contributed by atoms with Crippen LogP contribution >= 0.6 is 11.6 Å². The number of amides is 1. The van der Waals surface area contributed by atoms with Gasteiger partial charge in [0.2, 0.25) is 5.91 Å². The van der Waals surface area contributed by atoms with E-state index in [4.69, 9.17) is 11.6 Å². The normalized spacial score (nSPS) is 18.5. The standard InChI is InChI=1S/C23H27ClN2O/c1-17-4-3-15-26(16-17)22-12-8-20(9-13-22)18(2)25-23(27)14-7-19-5-10-21(24)11-6-19/h5-14,17-18H,3-4,15-16H2,1-2H3,(H,25,27)/b14-7+/t17-,18-/m0/s1. The molecule has 2 aromatic carbocycles. The van der Waals surface area contributed by atoms with Gasteiger partial charge < -0.3 is 10.2 Å². The van der Waals surface area contributed by atoms with Crippen LogP contribution < -0.4 is 10.2 Å². The van der Waals surface area contributed by atoms with Gasteiger partial charge >= 0.3 is 0 Å². The number of rotatable bonds is 5. The van der Waals surface area contributed by atoms with Crippen molar-refractivity contribution in [2.45, 2.75) is 32.7 Å². The van der Waals surface area contributed by atoms with Crippen LogP contribution in [0.4, 0.5) is 5.69 Å². The van der Waals surface area contributed by atoms with Gasteiger partial charge in [-0.2, -0.15) is 0 Å². The van der Waals surface area contributed by atoms with Crippen LogP contribution in [-0.4, -0.2) is 19.0 Å². The quantitative estimate of drug-likeness (QED) is 0.695. The summed E-state index contributed by atoms with van der Waals surface area (Å²) in [5.74, 6) is 0.649. The zero-order valence-corrected chi connectivity index (χ0v) is 16.7. The lowest BCUT2D eigenvalue weighted by Gasteiger charge is -2.33. The molecule has 1 N–H and O–H groups in total. The molecule has 2 atom stereocenters. The molecule has 0 aliphatic carbocycles. The van der Waals surface area contributed by atoms with Crippen LogP contribution in [0, 0.1) is 5.92 Å². The van der Waals surface area contributed by atoms with E-state index in [1.807, 2.05) is 31.2 Å². The summed E-state index contributed by atoms with van der Waals surface area (Å²) < 4.78 is 0. The molecule has 1 amide bonds. The molecule has 0 unspecified atom stereocenters. The maximum atomic E-state index is 12.2. The summed E-state index contributed by atoms with van der Waals surface area (Å²) in [5, 5.41) is 3.71. The predicted octanol–water partition coefficient (Wildman–Crippen LogP) is 5.47. The third kappa shape index (κ3) is 5.61. The lowest BCUT2D eigenvalue weighted by atomic mass is 9.99. The first-order valence-corrected chi connectivity index (χ1v) is 9.98. The Hall–Kier alpha value is -2.26. The van der Waals surface area contributed by atoms with Crippen molar-refractivity contribution in [3.63, 3.8) is 0 Å². The highest BCUT2D eigenvalue weighted by atomic mass is 35.5. The van der Waals surface area contributed by atoms with Crippen molar-refractivity contribution in [3.05, 3.63) is 70.8 Å². The van der Waals surface area contributed by atoms with E-state index in [-0.39, 0.29) is 11.9 Å². The first-order chi connectivity index (χ1) is 13.0. The van der Waals surface area contributed by atoms with Crippen molar-refractivity contribution in [3.8, 4) is 0 Å². The van der Waals surface area contributed by atoms with Gasteiger partial charge in [-0.25, -0.2) is 0 Å². The van der Waals surface area contributed by atoms with Crippen LogP contribution in [0.2, 0.25) is 5.02 Å². The lowest BCUT2D eigenvalue weighted by Crippen LogP contribution is -2.34. The van der Waals surface area contributed by atoms with Gasteiger partial charge in [-0.1, -0.05) is 42.8 Å². The monoisotopic (exact) mass is 382 g/mol. The second kappa shape index (κ2) is 9.09. The highest BCUT2D eigenvalue weighted by Gasteiger charge is 2.17. The number of nitrogens with one attached hydrogen (secondary N) is 1. The molecule has 0 bridgehead atoms. The zero-order chi connectivity index (χ0) is 19.2. The molecular formula is C23H27ClN2O. The van der Waals surface area contributed by atoms with E-state index in [1.54, 1.807) is 12.2 Å². The Labute approximate surface area is 167 Å². The van der Waals surface area contributed by atoms with Crippen LogP contribution in [0.1, 0.15) is 43.9 Å². The Morgan fingerprint density at radius 1 is 1.19 bits per heavy atom. The van der Waals surface area contributed by atoms with E-state index >= 15 is 0 Å². The van der Waals surface area contributed by atoms with Crippen molar-refractivity contribution in [1.82, 2.24) is 5.32 Å². The third-order valence-corrected chi connectivity index (χ3v) is 5.32. The average Bonchev–Trinajstić information content (AvgIpc) is 2.67. The second-order valence-corrected chi connectivity index (χ2v) is 7.84. The zero-order valence-electron chi connectivity index (χ0n) is 16.0. The van der Waals surface area contributed by atoms with E-state index < -0.39 is 0 Å². The minimum atomic E-state index is -0.105. The largest absolute Gasteiger partial charge is 0.371 e. The highest BCUT2D eigenvalue weighted by molar-refractivity contribution is 6.30. The number of carbonyl (C=O) groups excluding carboxylic acids is 1.